The third-order valence-corrected chi connectivity index (χ3v) is 9.29. The first-order valence-electron chi connectivity index (χ1n) is 12.2. The number of benzene rings is 4. The van der Waals surface area contributed by atoms with Crippen molar-refractivity contribution in [2.24, 2.45) is 0 Å². The summed E-state index contributed by atoms with van der Waals surface area (Å²) in [6, 6.07) is 15.1. The van der Waals surface area contributed by atoms with Crippen LogP contribution in [0.4, 0.5) is 0 Å². The Kier molecular flexibility index (Phi) is 6.91. The molecule has 0 saturated heterocycles. The van der Waals surface area contributed by atoms with Gasteiger partial charge in [-0.2, -0.15) is 30.0 Å². The van der Waals surface area contributed by atoms with E-state index in [1.807, 2.05) is 0 Å². The maximum atomic E-state index is 12.4. The number of hydrogen-bond acceptors (Lipinski definition) is 10. The Balaban J connectivity index is 1.43. The van der Waals surface area contributed by atoms with Crippen molar-refractivity contribution in [2.45, 2.75) is 14.7 Å². The highest BCUT2D eigenvalue weighted by atomic mass is 32.2. The fourth-order valence-corrected chi connectivity index (χ4v) is 6.72. The van der Waals surface area contributed by atoms with Crippen molar-refractivity contribution in [1.82, 2.24) is 30.0 Å². The van der Waals surface area contributed by atoms with E-state index in [2.05, 4.69) is 20.5 Å². The third kappa shape index (κ3) is 5.48. The zero-order valence-corrected chi connectivity index (χ0v) is 24.3. The minimum atomic E-state index is -4.83. The average Bonchev–Trinajstić information content (AvgIpc) is 3.65. The minimum Gasteiger partial charge on any atom is -0.282 e. The fraction of sp³-hybridized carbons (Fsp3) is 0. The van der Waals surface area contributed by atoms with Gasteiger partial charge in [0.05, 0.1) is 23.8 Å². The molecular weight excluding hydrogens is 637 g/mol. The van der Waals surface area contributed by atoms with Gasteiger partial charge in [-0.3, -0.25) is 13.7 Å². The SMILES string of the molecule is O=S(=O)(O)c1cc(-n2ccnn2)ccc1C=Cc1ccc(-n2nc3ccc4c(S(=O)(=O)O)cccc4c3n2)cc1S(=O)(=O)O. The molecule has 0 aliphatic heterocycles. The molecule has 6 aromatic rings. The Morgan fingerprint density at radius 1 is 0.636 bits per heavy atom. The first-order valence-corrected chi connectivity index (χ1v) is 16.6. The molecule has 2 aromatic heterocycles. The highest BCUT2D eigenvalue weighted by molar-refractivity contribution is 7.86. The van der Waals surface area contributed by atoms with Crippen LogP contribution in [0, 0.1) is 0 Å². The van der Waals surface area contributed by atoms with Crippen LogP contribution in [0.25, 0.3) is 45.3 Å². The molecule has 44 heavy (non-hydrogen) atoms. The largest absolute Gasteiger partial charge is 0.295 e. The molecule has 0 spiro atoms. The number of aromatic nitrogens is 6. The van der Waals surface area contributed by atoms with Gasteiger partial charge >= 0.3 is 0 Å². The van der Waals surface area contributed by atoms with Crippen LogP contribution in [0.15, 0.2) is 93.8 Å². The first-order chi connectivity index (χ1) is 20.7. The summed E-state index contributed by atoms with van der Waals surface area (Å²) in [4.78, 5) is -0.269. The highest BCUT2D eigenvalue weighted by Gasteiger charge is 2.20. The molecule has 0 bridgehead atoms. The third-order valence-electron chi connectivity index (χ3n) is 6.56. The van der Waals surface area contributed by atoms with E-state index in [4.69, 9.17) is 0 Å². The summed E-state index contributed by atoms with van der Waals surface area (Å²) in [5.41, 5.74) is 0.972. The molecule has 4 aromatic carbocycles. The Bertz CT molecular complexity index is 2470. The van der Waals surface area contributed by atoms with Crippen LogP contribution in [0.5, 0.6) is 0 Å². The summed E-state index contributed by atoms with van der Waals surface area (Å²) in [5, 5.41) is 16.7. The number of rotatable bonds is 7. The predicted octanol–water partition coefficient (Wildman–Crippen LogP) is 3.06. The van der Waals surface area contributed by atoms with Crippen molar-refractivity contribution in [1.29, 1.82) is 0 Å². The molecule has 15 nitrogen and oxygen atoms in total. The van der Waals surface area contributed by atoms with Crippen molar-refractivity contribution >= 4 is 64.3 Å². The van der Waals surface area contributed by atoms with E-state index in [1.165, 1.54) is 77.8 Å². The Morgan fingerprint density at radius 3 is 1.84 bits per heavy atom. The minimum absolute atomic E-state index is 0.0119. The summed E-state index contributed by atoms with van der Waals surface area (Å²) in [6.07, 6.45) is 5.33. The van der Waals surface area contributed by atoms with Gasteiger partial charge in [-0.25, -0.2) is 4.68 Å². The second-order valence-corrected chi connectivity index (χ2v) is 13.5. The summed E-state index contributed by atoms with van der Waals surface area (Å²) in [7, 11) is -14.1. The van der Waals surface area contributed by atoms with Gasteiger partial charge in [-0.05, 0) is 47.5 Å². The van der Waals surface area contributed by atoms with E-state index in [1.54, 1.807) is 6.07 Å². The van der Waals surface area contributed by atoms with E-state index in [-0.39, 0.29) is 38.3 Å². The normalized spacial score (nSPS) is 12.9. The average molecular weight is 655 g/mol. The molecular formula is C26H18N6O9S3. The van der Waals surface area contributed by atoms with Crippen molar-refractivity contribution < 1.29 is 38.9 Å². The lowest BCUT2D eigenvalue weighted by Crippen LogP contribution is -2.05. The van der Waals surface area contributed by atoms with Crippen LogP contribution < -0.4 is 0 Å². The van der Waals surface area contributed by atoms with E-state index < -0.39 is 40.1 Å². The lowest BCUT2D eigenvalue weighted by atomic mass is 10.1. The van der Waals surface area contributed by atoms with E-state index in [9.17, 15) is 38.9 Å². The van der Waals surface area contributed by atoms with Gasteiger partial charge in [0.15, 0.2) is 0 Å². The summed E-state index contributed by atoms with van der Waals surface area (Å²) >= 11 is 0. The molecule has 3 N–H and O–H groups in total. The molecule has 0 amide bonds. The zero-order valence-electron chi connectivity index (χ0n) is 21.9. The molecule has 0 radical (unpaired) electrons. The topological polar surface area (TPSA) is 225 Å². The van der Waals surface area contributed by atoms with Crippen LogP contribution in [0.3, 0.4) is 0 Å². The van der Waals surface area contributed by atoms with Gasteiger partial charge < -0.3 is 0 Å². The molecule has 18 heteroatoms. The van der Waals surface area contributed by atoms with Gasteiger partial charge in [0.1, 0.15) is 25.7 Å². The highest BCUT2D eigenvalue weighted by Crippen LogP contribution is 2.30. The van der Waals surface area contributed by atoms with Crippen molar-refractivity contribution in [2.75, 3.05) is 0 Å². The molecule has 0 saturated carbocycles. The Hall–Kier alpha value is -4.85. The zero-order chi connectivity index (χ0) is 31.4. The maximum absolute atomic E-state index is 12.4. The molecule has 0 aliphatic rings. The van der Waals surface area contributed by atoms with Gasteiger partial charge in [-0.1, -0.05) is 47.7 Å². The quantitative estimate of drug-likeness (QED) is 0.166. The summed E-state index contributed by atoms with van der Waals surface area (Å²) in [5.74, 6) is 0. The van der Waals surface area contributed by atoms with E-state index in [0.717, 1.165) is 16.9 Å². The predicted molar refractivity (Wildman–Crippen MR) is 156 cm³/mol. The first kappa shape index (κ1) is 29.2. The van der Waals surface area contributed by atoms with Crippen molar-refractivity contribution in [3.63, 3.8) is 0 Å². The van der Waals surface area contributed by atoms with Crippen LogP contribution >= 0.6 is 0 Å². The monoisotopic (exact) mass is 654 g/mol. The maximum Gasteiger partial charge on any atom is 0.295 e. The van der Waals surface area contributed by atoms with Crippen LogP contribution in [0.2, 0.25) is 0 Å². The van der Waals surface area contributed by atoms with E-state index >= 15 is 0 Å². The van der Waals surface area contributed by atoms with Gasteiger partial charge in [0.2, 0.25) is 0 Å². The van der Waals surface area contributed by atoms with Gasteiger partial charge in [0.25, 0.3) is 30.4 Å². The van der Waals surface area contributed by atoms with Crippen LogP contribution in [-0.2, 0) is 30.4 Å². The lowest BCUT2D eigenvalue weighted by molar-refractivity contribution is 0.480. The summed E-state index contributed by atoms with van der Waals surface area (Å²) in [6.45, 7) is 0. The molecule has 0 fully saturated rings. The number of fused-ring (bicyclic) bond motifs is 3. The molecule has 2 heterocycles. The molecule has 6 rings (SSSR count). The lowest BCUT2D eigenvalue weighted by Gasteiger charge is -2.08. The second kappa shape index (κ2) is 10.4. The molecule has 0 atom stereocenters. The summed E-state index contributed by atoms with van der Waals surface area (Å²) < 4.78 is 103. The number of nitrogens with zero attached hydrogens (tertiary/aromatic N) is 6. The standard InChI is InChI=1S/C26H18N6O9S3/c33-42(34,35)23-3-1-2-21-20(23)10-11-22-26(21)29-32(28-22)19-9-7-17(25(15-19)44(39,40)41)5-4-16-6-8-18(31-13-12-27-30-31)14-24(16)43(36,37)38/h1-15H,(H,33,34,35)(H,36,37,38)(H,39,40,41). The second-order valence-electron chi connectivity index (χ2n) is 9.32. The van der Waals surface area contributed by atoms with Crippen molar-refractivity contribution in [3.8, 4) is 11.4 Å². The molecule has 224 valence electrons. The van der Waals surface area contributed by atoms with Crippen LogP contribution in [-0.4, -0.2) is 68.9 Å². The van der Waals surface area contributed by atoms with Crippen LogP contribution in [0.1, 0.15) is 11.1 Å². The van der Waals surface area contributed by atoms with Gasteiger partial charge in [-0.15, -0.1) is 15.3 Å². The van der Waals surface area contributed by atoms with Crippen molar-refractivity contribution in [3.05, 3.63) is 90.3 Å². The molecule has 0 unspecified atom stereocenters. The fourth-order valence-electron chi connectivity index (χ4n) is 4.61. The molecule has 0 aliphatic carbocycles. The Morgan fingerprint density at radius 2 is 1.25 bits per heavy atom. The van der Waals surface area contributed by atoms with Gasteiger partial charge in [0, 0.05) is 10.8 Å². The Labute approximate surface area is 248 Å². The smallest absolute Gasteiger partial charge is 0.282 e. The van der Waals surface area contributed by atoms with E-state index in [0.29, 0.717) is 10.9 Å². The number of hydrogen-bond donors (Lipinski definition) is 3.